The highest BCUT2D eigenvalue weighted by molar-refractivity contribution is 5.79. The van der Waals surface area contributed by atoms with Gasteiger partial charge in [-0.15, -0.1) is 0 Å². The molecule has 1 aromatic heterocycles. The number of carbonyl (C=O) groups excluding carboxylic acids is 1. The van der Waals surface area contributed by atoms with Crippen LogP contribution in [0.1, 0.15) is 50.3 Å². The van der Waals surface area contributed by atoms with Gasteiger partial charge in [0.05, 0.1) is 11.7 Å². The molecule has 2 atom stereocenters. The fourth-order valence-corrected chi connectivity index (χ4v) is 3.50. The van der Waals surface area contributed by atoms with Crippen LogP contribution in [0.25, 0.3) is 0 Å². The van der Waals surface area contributed by atoms with Crippen molar-refractivity contribution in [2.45, 2.75) is 50.5 Å². The van der Waals surface area contributed by atoms with E-state index in [1.165, 1.54) is 6.07 Å². The topological polar surface area (TPSA) is 66.1 Å². The van der Waals surface area contributed by atoms with Crippen LogP contribution in [0.15, 0.2) is 16.9 Å². The Hall–Kier alpha value is -1.79. The van der Waals surface area contributed by atoms with Gasteiger partial charge in [-0.25, -0.2) is 13.9 Å². The van der Waals surface area contributed by atoms with Gasteiger partial charge in [0.1, 0.15) is 0 Å². The molecule has 2 aliphatic rings. The fraction of sp³-hybridized carbons (Fsp3) is 0.667. The summed E-state index contributed by atoms with van der Waals surface area (Å²) in [6, 6.07) is 2.75. The van der Waals surface area contributed by atoms with E-state index in [0.717, 1.165) is 12.8 Å². The Morgan fingerprint density at radius 1 is 1.32 bits per heavy atom. The van der Waals surface area contributed by atoms with E-state index in [0.29, 0.717) is 25.1 Å². The van der Waals surface area contributed by atoms with Crippen LogP contribution in [0.5, 0.6) is 0 Å². The maximum Gasteiger partial charge on any atom is 0.264 e. The lowest BCUT2D eigenvalue weighted by Gasteiger charge is -2.33. The number of H-pyrrole nitrogens is 1. The first-order chi connectivity index (χ1) is 10.5. The monoisotopic (exact) mass is 311 g/mol. The number of aromatic amines is 1. The summed E-state index contributed by atoms with van der Waals surface area (Å²) in [6.07, 6.45) is 2.00. The summed E-state index contributed by atoms with van der Waals surface area (Å²) in [5.74, 6) is -3.54. The van der Waals surface area contributed by atoms with E-state index < -0.39 is 11.8 Å². The van der Waals surface area contributed by atoms with Crippen LogP contribution < -0.4 is 5.56 Å². The molecular formula is C15H19F2N3O2. The highest BCUT2D eigenvalue weighted by Gasteiger charge is 2.42. The quantitative estimate of drug-likeness (QED) is 0.911. The summed E-state index contributed by atoms with van der Waals surface area (Å²) in [5, 5.41) is 6.35. The van der Waals surface area contributed by atoms with Gasteiger partial charge in [0.2, 0.25) is 11.8 Å². The van der Waals surface area contributed by atoms with Crippen LogP contribution >= 0.6 is 0 Å². The second kappa shape index (κ2) is 5.78. The number of rotatable bonds is 2. The average Bonchev–Trinajstić information content (AvgIpc) is 2.95. The van der Waals surface area contributed by atoms with Crippen molar-refractivity contribution in [1.29, 1.82) is 0 Å². The third-order valence-corrected chi connectivity index (χ3v) is 4.57. The first-order valence-electron chi connectivity index (χ1n) is 7.70. The number of halogens is 2. The molecule has 120 valence electrons. The van der Waals surface area contributed by atoms with Crippen molar-refractivity contribution in [2.24, 2.45) is 5.92 Å². The smallest absolute Gasteiger partial charge is 0.264 e. The Morgan fingerprint density at radius 3 is 2.82 bits per heavy atom. The summed E-state index contributed by atoms with van der Waals surface area (Å²) in [6.45, 7) is 0.562. The molecule has 1 N–H and O–H groups in total. The zero-order valence-electron chi connectivity index (χ0n) is 12.2. The minimum absolute atomic E-state index is 0.123. The zero-order valence-corrected chi connectivity index (χ0v) is 12.2. The molecule has 7 heteroatoms. The van der Waals surface area contributed by atoms with E-state index >= 15 is 0 Å². The summed E-state index contributed by atoms with van der Waals surface area (Å²) in [5.41, 5.74) is 0.319. The predicted molar refractivity (Wildman–Crippen MR) is 75.5 cm³/mol. The lowest BCUT2D eigenvalue weighted by atomic mass is 9.85. The fourth-order valence-electron chi connectivity index (χ4n) is 3.50. The lowest BCUT2D eigenvalue weighted by molar-refractivity contribution is -0.143. The van der Waals surface area contributed by atoms with Gasteiger partial charge in [-0.1, -0.05) is 0 Å². The van der Waals surface area contributed by atoms with Crippen molar-refractivity contribution in [3.63, 3.8) is 0 Å². The molecule has 0 radical (unpaired) electrons. The minimum atomic E-state index is -2.73. The predicted octanol–water partition coefficient (Wildman–Crippen LogP) is 2.26. The number of hydrogen-bond donors (Lipinski definition) is 1. The molecule has 1 saturated carbocycles. The van der Waals surface area contributed by atoms with Crippen LogP contribution in [0.3, 0.4) is 0 Å². The van der Waals surface area contributed by atoms with Gasteiger partial charge in [-0.05, 0) is 31.7 Å². The van der Waals surface area contributed by atoms with Crippen molar-refractivity contribution < 1.29 is 13.6 Å². The molecule has 1 aliphatic heterocycles. The molecule has 1 aromatic rings. The number of alkyl halides is 2. The minimum Gasteiger partial charge on any atom is -0.334 e. The zero-order chi connectivity index (χ0) is 15.7. The molecule has 1 aliphatic carbocycles. The van der Waals surface area contributed by atoms with Crippen molar-refractivity contribution in [2.75, 3.05) is 6.54 Å². The lowest BCUT2D eigenvalue weighted by Crippen LogP contribution is -2.40. The second-order valence-corrected chi connectivity index (χ2v) is 6.18. The van der Waals surface area contributed by atoms with Crippen LogP contribution in [-0.2, 0) is 4.79 Å². The molecule has 2 heterocycles. The highest BCUT2D eigenvalue weighted by atomic mass is 19.3. The summed E-state index contributed by atoms with van der Waals surface area (Å²) in [7, 11) is 0. The van der Waals surface area contributed by atoms with Crippen molar-refractivity contribution in [3.05, 3.63) is 28.2 Å². The van der Waals surface area contributed by atoms with Gasteiger partial charge in [0, 0.05) is 31.4 Å². The summed E-state index contributed by atoms with van der Waals surface area (Å²) in [4.78, 5) is 25.4. The number of carbonyl (C=O) groups is 1. The van der Waals surface area contributed by atoms with E-state index in [9.17, 15) is 18.4 Å². The van der Waals surface area contributed by atoms with Crippen molar-refractivity contribution in [3.8, 4) is 0 Å². The van der Waals surface area contributed by atoms with E-state index in [-0.39, 0.29) is 30.3 Å². The maximum absolute atomic E-state index is 13.5. The van der Waals surface area contributed by atoms with Crippen LogP contribution in [0, 0.1) is 5.92 Å². The normalized spacial score (nSPS) is 27.8. The van der Waals surface area contributed by atoms with E-state index in [4.69, 9.17) is 0 Å². The third-order valence-electron chi connectivity index (χ3n) is 4.57. The largest absolute Gasteiger partial charge is 0.334 e. The molecule has 22 heavy (non-hydrogen) atoms. The number of hydrogen-bond acceptors (Lipinski definition) is 3. The highest BCUT2D eigenvalue weighted by Crippen LogP contribution is 2.40. The maximum atomic E-state index is 13.5. The molecule has 0 spiro atoms. The molecule has 2 unspecified atom stereocenters. The Kier molecular flexibility index (Phi) is 3.97. The number of nitrogens with one attached hydrogen (secondary N) is 1. The van der Waals surface area contributed by atoms with E-state index in [1.54, 1.807) is 11.0 Å². The van der Waals surface area contributed by atoms with Gasteiger partial charge in [0.25, 0.3) is 5.56 Å². The standard InChI is InChI=1S/C15H19F2N3O2/c16-15(17)7-1-3-10(9-15)14(22)20-8-2-4-12(20)11-5-6-13(21)19-18-11/h5-6,10,12H,1-4,7-9H2,(H,19,21). The molecule has 0 bridgehead atoms. The molecule has 1 saturated heterocycles. The summed E-state index contributed by atoms with van der Waals surface area (Å²) < 4.78 is 27.1. The number of aromatic nitrogens is 2. The van der Waals surface area contributed by atoms with Crippen LogP contribution in [0.4, 0.5) is 8.78 Å². The van der Waals surface area contributed by atoms with E-state index in [1.807, 2.05) is 0 Å². The van der Waals surface area contributed by atoms with Crippen LogP contribution in [0.2, 0.25) is 0 Å². The third kappa shape index (κ3) is 3.03. The molecule has 1 amide bonds. The number of likely N-dealkylation sites (tertiary alicyclic amines) is 1. The first kappa shape index (κ1) is 15.1. The first-order valence-corrected chi connectivity index (χ1v) is 7.70. The van der Waals surface area contributed by atoms with Crippen molar-refractivity contribution in [1.82, 2.24) is 15.1 Å². The molecule has 2 fully saturated rings. The Bertz CT molecular complexity index is 597. The molecular weight excluding hydrogens is 292 g/mol. The molecule has 0 aromatic carbocycles. The van der Waals surface area contributed by atoms with Gasteiger partial charge >= 0.3 is 0 Å². The number of nitrogens with zero attached hydrogens (tertiary/aromatic N) is 2. The van der Waals surface area contributed by atoms with Crippen molar-refractivity contribution >= 4 is 5.91 Å². The van der Waals surface area contributed by atoms with E-state index in [2.05, 4.69) is 10.2 Å². The molecule has 3 rings (SSSR count). The second-order valence-electron chi connectivity index (χ2n) is 6.18. The van der Waals surface area contributed by atoms with Gasteiger partial charge in [-0.2, -0.15) is 5.10 Å². The number of amides is 1. The van der Waals surface area contributed by atoms with Gasteiger partial charge in [0.15, 0.2) is 0 Å². The Labute approximate surface area is 126 Å². The SMILES string of the molecule is O=C(C1CCCC(F)(F)C1)N1CCCC1c1ccc(=O)[nH]n1. The van der Waals surface area contributed by atoms with Gasteiger partial charge < -0.3 is 4.90 Å². The Morgan fingerprint density at radius 2 is 2.14 bits per heavy atom. The average molecular weight is 311 g/mol. The summed E-state index contributed by atoms with van der Waals surface area (Å²) >= 11 is 0. The Balaban J connectivity index is 1.76. The van der Waals surface area contributed by atoms with Crippen LogP contribution in [-0.4, -0.2) is 33.5 Å². The van der Waals surface area contributed by atoms with Gasteiger partial charge in [-0.3, -0.25) is 9.59 Å². The molecule has 5 nitrogen and oxygen atoms in total.